The van der Waals surface area contributed by atoms with E-state index < -0.39 is 0 Å². The SMILES string of the molecule is CC.CC.CC.CCCCCCCCCCCCCCCC(=O)NCC[N+](C)(C)CC(=O)NCCCC[C@H](NC)C(C)=O. The molecule has 7 nitrogen and oxygen atoms in total. The average molecular weight is 616 g/mol. The summed E-state index contributed by atoms with van der Waals surface area (Å²) >= 11 is 0. The molecular weight excluding hydrogens is 536 g/mol. The molecule has 0 rings (SSSR count). The van der Waals surface area contributed by atoms with E-state index in [4.69, 9.17) is 0 Å². The number of quaternary nitrogens is 1. The maximum absolute atomic E-state index is 12.3. The number of nitrogens with zero attached hydrogens (tertiary/aromatic N) is 1. The van der Waals surface area contributed by atoms with Crippen molar-refractivity contribution in [1.29, 1.82) is 0 Å². The number of carbonyl (C=O) groups excluding carboxylic acids is 3. The minimum atomic E-state index is -0.0916. The van der Waals surface area contributed by atoms with Gasteiger partial charge < -0.3 is 20.4 Å². The molecule has 0 aliphatic carbocycles. The average Bonchev–Trinajstić information content (AvgIpc) is 2.99. The number of amides is 2. The van der Waals surface area contributed by atoms with Crippen molar-refractivity contribution < 1.29 is 18.9 Å². The van der Waals surface area contributed by atoms with Crippen LogP contribution in [0.4, 0.5) is 0 Å². The van der Waals surface area contributed by atoms with Crippen molar-refractivity contribution in [3.63, 3.8) is 0 Å². The van der Waals surface area contributed by atoms with Crippen LogP contribution in [0.5, 0.6) is 0 Å². The first-order valence-electron chi connectivity index (χ1n) is 18.2. The topological polar surface area (TPSA) is 87.3 Å². The molecule has 0 aliphatic heterocycles. The van der Waals surface area contributed by atoms with Crippen LogP contribution in [0.15, 0.2) is 0 Å². The molecule has 0 aromatic rings. The Bertz CT molecular complexity index is 597. The van der Waals surface area contributed by atoms with Gasteiger partial charge in [0.2, 0.25) is 5.91 Å². The number of ketones is 1. The van der Waals surface area contributed by atoms with Crippen LogP contribution < -0.4 is 16.0 Å². The Morgan fingerprint density at radius 3 is 1.49 bits per heavy atom. The molecule has 2 amide bonds. The highest BCUT2D eigenvalue weighted by Gasteiger charge is 2.20. The van der Waals surface area contributed by atoms with Gasteiger partial charge in [0.25, 0.3) is 5.91 Å². The van der Waals surface area contributed by atoms with E-state index in [1.54, 1.807) is 14.0 Å². The summed E-state index contributed by atoms with van der Waals surface area (Å²) in [5.74, 6) is 0.306. The molecule has 0 heterocycles. The summed E-state index contributed by atoms with van der Waals surface area (Å²) in [7, 11) is 5.83. The lowest BCUT2D eigenvalue weighted by Crippen LogP contribution is -2.50. The number of nitrogens with one attached hydrogen (secondary N) is 3. The van der Waals surface area contributed by atoms with Gasteiger partial charge in [-0.25, -0.2) is 0 Å². The van der Waals surface area contributed by atoms with E-state index in [0.717, 1.165) is 38.6 Å². The molecule has 0 aliphatic rings. The minimum Gasteiger partial charge on any atom is -0.351 e. The van der Waals surface area contributed by atoms with E-state index >= 15 is 0 Å². The fourth-order valence-electron chi connectivity index (χ4n) is 4.67. The first-order chi connectivity index (χ1) is 20.7. The van der Waals surface area contributed by atoms with Crippen molar-refractivity contribution in [2.45, 2.75) is 171 Å². The van der Waals surface area contributed by atoms with Crippen molar-refractivity contribution in [2.75, 3.05) is 47.3 Å². The lowest BCUT2D eigenvalue weighted by molar-refractivity contribution is -0.881. The zero-order chi connectivity index (χ0) is 33.8. The molecule has 0 bridgehead atoms. The fraction of sp³-hybridized carbons (Fsp3) is 0.917. The summed E-state index contributed by atoms with van der Waals surface area (Å²) in [5, 5.41) is 9.02. The van der Waals surface area contributed by atoms with E-state index in [2.05, 4.69) is 22.9 Å². The molecule has 1 atom stereocenters. The van der Waals surface area contributed by atoms with Crippen molar-refractivity contribution in [3.8, 4) is 0 Å². The molecule has 260 valence electrons. The van der Waals surface area contributed by atoms with Gasteiger partial charge in [-0.3, -0.25) is 14.4 Å². The van der Waals surface area contributed by atoms with Crippen LogP contribution in [-0.2, 0) is 14.4 Å². The Balaban J connectivity index is -0.00000118. The third-order valence-corrected chi connectivity index (χ3v) is 7.20. The summed E-state index contributed by atoms with van der Waals surface area (Å²) in [6.07, 6.45) is 20.2. The van der Waals surface area contributed by atoms with E-state index in [1.807, 2.05) is 55.6 Å². The maximum Gasteiger partial charge on any atom is 0.275 e. The van der Waals surface area contributed by atoms with E-state index in [9.17, 15) is 14.4 Å². The molecule has 3 N–H and O–H groups in total. The van der Waals surface area contributed by atoms with E-state index in [-0.39, 0.29) is 23.6 Å². The Labute approximate surface area is 270 Å². The van der Waals surface area contributed by atoms with Crippen LogP contribution in [0.1, 0.15) is 165 Å². The summed E-state index contributed by atoms with van der Waals surface area (Å²) in [4.78, 5) is 35.9. The molecule has 43 heavy (non-hydrogen) atoms. The normalized spacial score (nSPS) is 11.0. The summed E-state index contributed by atoms with van der Waals surface area (Å²) in [6.45, 7) is 18.2. The lowest BCUT2D eigenvalue weighted by Gasteiger charge is -2.29. The lowest BCUT2D eigenvalue weighted by atomic mass is 10.0. The number of carbonyl (C=O) groups is 3. The molecule has 0 aromatic heterocycles. The van der Waals surface area contributed by atoms with Crippen molar-refractivity contribution in [1.82, 2.24) is 16.0 Å². The first kappa shape index (κ1) is 48.4. The molecule has 0 aromatic carbocycles. The summed E-state index contributed by atoms with van der Waals surface area (Å²) < 4.78 is 0.539. The monoisotopic (exact) mass is 616 g/mol. The van der Waals surface area contributed by atoms with Crippen LogP contribution >= 0.6 is 0 Å². The molecule has 0 spiro atoms. The molecule has 0 unspecified atom stereocenters. The number of rotatable bonds is 26. The van der Waals surface area contributed by atoms with Gasteiger partial charge in [-0.2, -0.15) is 0 Å². The van der Waals surface area contributed by atoms with Gasteiger partial charge in [-0.05, 0) is 39.7 Å². The Hall–Kier alpha value is -1.47. The number of unbranched alkanes of at least 4 members (excludes halogenated alkanes) is 13. The van der Waals surface area contributed by atoms with E-state index in [0.29, 0.717) is 30.5 Å². The van der Waals surface area contributed by atoms with Gasteiger partial charge >= 0.3 is 0 Å². The van der Waals surface area contributed by atoms with Crippen LogP contribution in [0, 0.1) is 0 Å². The Kier molecular flexibility index (Phi) is 43.4. The van der Waals surface area contributed by atoms with Gasteiger partial charge in [0, 0.05) is 13.0 Å². The quantitative estimate of drug-likeness (QED) is 0.0676. The van der Waals surface area contributed by atoms with Gasteiger partial charge in [0.15, 0.2) is 6.54 Å². The van der Waals surface area contributed by atoms with Gasteiger partial charge in [0.05, 0.1) is 33.2 Å². The van der Waals surface area contributed by atoms with Gasteiger partial charge in [-0.15, -0.1) is 0 Å². The molecule has 7 heteroatoms. The fourth-order valence-corrected chi connectivity index (χ4v) is 4.67. The number of likely N-dealkylation sites (N-methyl/N-ethyl adjacent to an activating group) is 2. The summed E-state index contributed by atoms with van der Waals surface area (Å²) in [6, 6.07) is -0.0916. The highest BCUT2D eigenvalue weighted by Crippen LogP contribution is 2.13. The molecule has 0 saturated heterocycles. The second-order valence-corrected chi connectivity index (χ2v) is 11.5. The smallest absolute Gasteiger partial charge is 0.275 e. The molecule has 0 fully saturated rings. The molecule has 0 saturated carbocycles. The predicted octanol–water partition coefficient (Wildman–Crippen LogP) is 8.20. The van der Waals surface area contributed by atoms with Crippen LogP contribution in [0.3, 0.4) is 0 Å². The molecular formula is C36H79N4O3+. The largest absolute Gasteiger partial charge is 0.351 e. The third kappa shape index (κ3) is 38.5. The third-order valence-electron chi connectivity index (χ3n) is 7.20. The molecule has 0 radical (unpaired) electrons. The standard InChI is InChI=1S/C30H60N4O3.3C2H6/c1-6-7-8-9-10-11-12-13-14-15-16-17-18-22-29(36)33-24-25-34(4,5)26-30(37)32-23-20-19-21-28(31-3)27(2)35;3*1-2/h28,31H,6-26H2,1-5H3,(H-,32,33,36,37);3*1-2H3/p+1/t28-;;;/m0.../s1. The minimum absolute atomic E-state index is 0.0278. The van der Waals surface area contributed by atoms with Crippen molar-refractivity contribution >= 4 is 17.6 Å². The first-order valence-corrected chi connectivity index (χ1v) is 18.2. The van der Waals surface area contributed by atoms with Gasteiger partial charge in [0.1, 0.15) is 5.78 Å². The number of hydrogen-bond donors (Lipinski definition) is 3. The van der Waals surface area contributed by atoms with Gasteiger partial charge in [-0.1, -0.05) is 126 Å². The maximum atomic E-state index is 12.3. The van der Waals surface area contributed by atoms with Crippen LogP contribution in [-0.4, -0.2) is 75.4 Å². The van der Waals surface area contributed by atoms with Crippen molar-refractivity contribution in [3.05, 3.63) is 0 Å². The number of hydrogen-bond acceptors (Lipinski definition) is 4. The number of Topliss-reactive ketones (excluding diaryl/α,β-unsaturated/α-hetero) is 1. The zero-order valence-corrected chi connectivity index (χ0v) is 31.1. The van der Waals surface area contributed by atoms with Crippen LogP contribution in [0.25, 0.3) is 0 Å². The Morgan fingerprint density at radius 2 is 1.05 bits per heavy atom. The van der Waals surface area contributed by atoms with Crippen molar-refractivity contribution in [2.24, 2.45) is 0 Å². The second kappa shape index (κ2) is 38.6. The Morgan fingerprint density at radius 1 is 0.605 bits per heavy atom. The predicted molar refractivity (Wildman–Crippen MR) is 190 cm³/mol. The summed E-state index contributed by atoms with van der Waals surface area (Å²) in [5.41, 5.74) is 0. The zero-order valence-electron chi connectivity index (χ0n) is 31.1. The second-order valence-electron chi connectivity index (χ2n) is 11.5. The highest BCUT2D eigenvalue weighted by atomic mass is 16.2. The van der Waals surface area contributed by atoms with E-state index in [1.165, 1.54) is 70.6 Å². The highest BCUT2D eigenvalue weighted by molar-refractivity contribution is 5.81. The van der Waals surface area contributed by atoms with Crippen LogP contribution in [0.2, 0.25) is 0 Å².